The Balaban J connectivity index is 1.55. The van der Waals surface area contributed by atoms with Crippen molar-refractivity contribution < 1.29 is 0 Å². The molecule has 0 aliphatic carbocycles. The van der Waals surface area contributed by atoms with Crippen molar-refractivity contribution in [3.05, 3.63) is 106 Å². The fourth-order valence-corrected chi connectivity index (χ4v) is 3.46. The monoisotopic (exact) mass is 394 g/mol. The van der Waals surface area contributed by atoms with E-state index in [0.29, 0.717) is 0 Å². The van der Waals surface area contributed by atoms with Gasteiger partial charge in [0.1, 0.15) is 0 Å². The van der Waals surface area contributed by atoms with Crippen molar-refractivity contribution in [3.8, 4) is 0 Å². The summed E-state index contributed by atoms with van der Waals surface area (Å²) in [5.41, 5.74) is 7.81. The van der Waals surface area contributed by atoms with Crippen molar-refractivity contribution in [2.75, 3.05) is 0 Å². The molecule has 30 heavy (non-hydrogen) atoms. The van der Waals surface area contributed by atoms with E-state index >= 15 is 0 Å². The lowest BCUT2D eigenvalue weighted by molar-refractivity contribution is 0.795. The van der Waals surface area contributed by atoms with Crippen LogP contribution < -0.4 is 0 Å². The summed E-state index contributed by atoms with van der Waals surface area (Å²) < 4.78 is 0. The molecule has 0 spiro atoms. The first kappa shape index (κ1) is 21.8. The fourth-order valence-electron chi connectivity index (χ4n) is 3.46. The summed E-state index contributed by atoms with van der Waals surface area (Å²) >= 11 is 0. The predicted molar refractivity (Wildman–Crippen MR) is 134 cm³/mol. The van der Waals surface area contributed by atoms with Gasteiger partial charge in [0.25, 0.3) is 0 Å². The Labute approximate surface area is 183 Å². The Morgan fingerprint density at radius 2 is 0.700 bits per heavy atom. The van der Waals surface area contributed by atoms with Gasteiger partial charge in [0.15, 0.2) is 0 Å². The number of benzene rings is 3. The maximum Gasteiger partial charge on any atom is -0.0256 e. The van der Waals surface area contributed by atoms with Gasteiger partial charge in [0.05, 0.1) is 0 Å². The molecule has 0 bridgehead atoms. The molecule has 0 nitrogen and oxygen atoms in total. The van der Waals surface area contributed by atoms with Crippen molar-refractivity contribution in [2.45, 2.75) is 52.4 Å². The highest BCUT2D eigenvalue weighted by Crippen LogP contribution is 2.15. The first-order valence-electron chi connectivity index (χ1n) is 11.4. The zero-order chi connectivity index (χ0) is 21.0. The molecule has 154 valence electrons. The molecule has 0 N–H and O–H groups in total. The Bertz CT molecular complexity index is 842. The van der Waals surface area contributed by atoms with Crippen LogP contribution in [0.3, 0.4) is 0 Å². The molecule has 0 heterocycles. The van der Waals surface area contributed by atoms with E-state index in [0.717, 1.165) is 0 Å². The molecule has 0 aliphatic heterocycles. The van der Waals surface area contributed by atoms with Gasteiger partial charge in [0, 0.05) is 0 Å². The van der Waals surface area contributed by atoms with E-state index in [-0.39, 0.29) is 0 Å². The number of hydrogen-bond acceptors (Lipinski definition) is 0. The summed E-state index contributed by atoms with van der Waals surface area (Å²) in [7, 11) is 0. The van der Waals surface area contributed by atoms with Crippen LogP contribution in [0.15, 0.2) is 72.8 Å². The molecule has 0 saturated carbocycles. The van der Waals surface area contributed by atoms with Crippen molar-refractivity contribution in [2.24, 2.45) is 0 Å². The normalized spacial score (nSPS) is 11.5. The molecule has 3 rings (SSSR count). The molecule has 0 aliphatic rings. The minimum Gasteiger partial charge on any atom is -0.0654 e. The Kier molecular flexibility index (Phi) is 8.72. The van der Waals surface area contributed by atoms with Gasteiger partial charge in [-0.25, -0.2) is 0 Å². The SMILES string of the molecule is CCCCc1ccc(C=Cc2ccc(C=Cc3ccc(CCCC)cc3)cc2)cc1. The van der Waals surface area contributed by atoms with Gasteiger partial charge < -0.3 is 0 Å². The molecule has 0 radical (unpaired) electrons. The van der Waals surface area contributed by atoms with E-state index in [1.54, 1.807) is 0 Å². The van der Waals surface area contributed by atoms with Gasteiger partial charge in [-0.2, -0.15) is 0 Å². The molecule has 0 amide bonds. The van der Waals surface area contributed by atoms with Crippen LogP contribution in [-0.4, -0.2) is 0 Å². The summed E-state index contributed by atoms with van der Waals surface area (Å²) in [4.78, 5) is 0. The predicted octanol–water partition coefficient (Wildman–Crippen LogP) is 8.71. The van der Waals surface area contributed by atoms with Crippen LogP contribution in [0.5, 0.6) is 0 Å². The first-order valence-corrected chi connectivity index (χ1v) is 11.4. The summed E-state index contributed by atoms with van der Waals surface area (Å²) in [6.45, 7) is 4.48. The van der Waals surface area contributed by atoms with E-state index in [2.05, 4.69) is 111 Å². The highest BCUT2D eigenvalue weighted by atomic mass is 14.0. The lowest BCUT2D eigenvalue weighted by Crippen LogP contribution is -1.84. The molecule has 0 fully saturated rings. The first-order chi connectivity index (χ1) is 14.8. The second-order valence-corrected chi connectivity index (χ2v) is 8.02. The average Bonchev–Trinajstić information content (AvgIpc) is 2.80. The molecular formula is C30H34. The molecular weight excluding hydrogens is 360 g/mol. The van der Waals surface area contributed by atoms with Crippen molar-refractivity contribution in [1.29, 1.82) is 0 Å². The maximum absolute atomic E-state index is 2.25. The van der Waals surface area contributed by atoms with E-state index in [1.165, 1.54) is 71.9 Å². The summed E-state index contributed by atoms with van der Waals surface area (Å²) in [5.74, 6) is 0. The third-order valence-electron chi connectivity index (χ3n) is 5.47. The zero-order valence-electron chi connectivity index (χ0n) is 18.5. The molecule has 0 unspecified atom stereocenters. The van der Waals surface area contributed by atoms with Gasteiger partial charge in [-0.15, -0.1) is 0 Å². The fraction of sp³-hybridized carbons (Fsp3) is 0.267. The van der Waals surface area contributed by atoms with Gasteiger partial charge in [-0.1, -0.05) is 124 Å². The Morgan fingerprint density at radius 1 is 0.433 bits per heavy atom. The Hall–Kier alpha value is -2.86. The van der Waals surface area contributed by atoms with Gasteiger partial charge in [-0.3, -0.25) is 0 Å². The minimum atomic E-state index is 1.18. The van der Waals surface area contributed by atoms with Crippen LogP contribution >= 0.6 is 0 Å². The van der Waals surface area contributed by atoms with Crippen LogP contribution in [0.2, 0.25) is 0 Å². The van der Waals surface area contributed by atoms with Gasteiger partial charge in [-0.05, 0) is 59.1 Å². The van der Waals surface area contributed by atoms with Gasteiger partial charge >= 0.3 is 0 Å². The third kappa shape index (κ3) is 7.19. The van der Waals surface area contributed by atoms with Crippen LogP contribution in [-0.2, 0) is 12.8 Å². The topological polar surface area (TPSA) is 0 Å². The number of unbranched alkanes of at least 4 members (excludes halogenated alkanes) is 2. The standard InChI is InChI=1S/C30H34/c1-3-5-7-25-9-13-27(14-10-25)17-19-29-21-23-30(24-22-29)20-18-28-15-11-26(12-16-28)8-6-4-2/h9-24H,3-8H2,1-2H3. The van der Waals surface area contributed by atoms with Crippen LogP contribution in [0.4, 0.5) is 0 Å². The van der Waals surface area contributed by atoms with Crippen LogP contribution in [0.1, 0.15) is 72.9 Å². The molecule has 0 saturated heterocycles. The highest BCUT2D eigenvalue weighted by molar-refractivity contribution is 5.73. The molecule has 3 aromatic rings. The average molecular weight is 395 g/mol. The molecule has 0 atom stereocenters. The molecule has 0 heteroatoms. The number of rotatable bonds is 10. The van der Waals surface area contributed by atoms with Crippen LogP contribution in [0.25, 0.3) is 24.3 Å². The maximum atomic E-state index is 2.25. The molecule has 3 aromatic carbocycles. The summed E-state index contributed by atoms with van der Waals surface area (Å²) in [6.07, 6.45) is 16.1. The van der Waals surface area contributed by atoms with E-state index in [4.69, 9.17) is 0 Å². The van der Waals surface area contributed by atoms with E-state index < -0.39 is 0 Å². The quantitative estimate of drug-likeness (QED) is 0.302. The minimum absolute atomic E-state index is 1.18. The van der Waals surface area contributed by atoms with Crippen molar-refractivity contribution >= 4 is 24.3 Å². The second kappa shape index (κ2) is 12.0. The lowest BCUT2D eigenvalue weighted by atomic mass is 10.0. The highest BCUT2D eigenvalue weighted by Gasteiger charge is 1.95. The second-order valence-electron chi connectivity index (χ2n) is 8.02. The number of hydrogen-bond donors (Lipinski definition) is 0. The molecule has 0 aromatic heterocycles. The summed E-state index contributed by atoms with van der Waals surface area (Å²) in [6, 6.07) is 26.6. The lowest BCUT2D eigenvalue weighted by Gasteiger charge is -2.01. The van der Waals surface area contributed by atoms with Crippen molar-refractivity contribution in [1.82, 2.24) is 0 Å². The number of aryl methyl sites for hydroxylation is 2. The van der Waals surface area contributed by atoms with Crippen LogP contribution in [0, 0.1) is 0 Å². The zero-order valence-corrected chi connectivity index (χ0v) is 18.5. The van der Waals surface area contributed by atoms with E-state index in [9.17, 15) is 0 Å². The van der Waals surface area contributed by atoms with Gasteiger partial charge in [0.2, 0.25) is 0 Å². The smallest absolute Gasteiger partial charge is 0.0256 e. The summed E-state index contributed by atoms with van der Waals surface area (Å²) in [5, 5.41) is 0. The van der Waals surface area contributed by atoms with Crippen molar-refractivity contribution in [3.63, 3.8) is 0 Å². The third-order valence-corrected chi connectivity index (χ3v) is 5.47. The Morgan fingerprint density at radius 3 is 0.967 bits per heavy atom. The largest absolute Gasteiger partial charge is 0.0654 e. The van der Waals surface area contributed by atoms with E-state index in [1.807, 2.05) is 0 Å².